The molecule has 0 aliphatic carbocycles. The van der Waals surface area contributed by atoms with E-state index in [0.717, 1.165) is 14.2 Å². The summed E-state index contributed by atoms with van der Waals surface area (Å²) in [5.41, 5.74) is -2.61. The van der Waals surface area contributed by atoms with Crippen LogP contribution in [0.1, 0.15) is 39.5 Å². The van der Waals surface area contributed by atoms with E-state index in [1.54, 1.807) is 0 Å². The molecule has 0 radical (unpaired) electrons. The molecule has 0 spiro atoms. The average Bonchev–Trinajstić information content (AvgIpc) is 2.45. The molecule has 0 saturated carbocycles. The van der Waals surface area contributed by atoms with Crippen LogP contribution in [0.2, 0.25) is 0 Å². The molecule has 0 aliphatic heterocycles. The summed E-state index contributed by atoms with van der Waals surface area (Å²) in [5, 5.41) is 18.2. The molecule has 0 aromatic rings. The second kappa shape index (κ2) is 11.5. The molecule has 0 saturated heterocycles. The van der Waals surface area contributed by atoms with E-state index in [9.17, 15) is 24.3 Å². The van der Waals surface area contributed by atoms with Crippen LogP contribution in [0.3, 0.4) is 0 Å². The number of hydrogen-bond donors (Lipinski definition) is 2. The normalized spacial score (nSPS) is 12.0. The first kappa shape index (κ1) is 22.1. The van der Waals surface area contributed by atoms with Crippen LogP contribution in [-0.4, -0.2) is 54.1 Å². The van der Waals surface area contributed by atoms with Crippen molar-refractivity contribution in [3.05, 3.63) is 0 Å². The maximum atomic E-state index is 11.2. The van der Waals surface area contributed by atoms with Crippen LogP contribution in [-0.2, 0) is 28.6 Å². The summed E-state index contributed by atoms with van der Waals surface area (Å²) in [6, 6.07) is 0. The molecular formula is C13H22O9. The predicted octanol–water partition coefficient (Wildman–Crippen LogP) is 0.871. The van der Waals surface area contributed by atoms with Gasteiger partial charge >= 0.3 is 24.1 Å². The van der Waals surface area contributed by atoms with Crippen molar-refractivity contribution >= 4 is 24.1 Å². The fraction of sp³-hybridized carbons (Fsp3) is 0.692. The van der Waals surface area contributed by atoms with Gasteiger partial charge in [-0.2, -0.15) is 0 Å². The Morgan fingerprint density at radius 1 is 0.955 bits per heavy atom. The first-order chi connectivity index (χ1) is 10.2. The summed E-state index contributed by atoms with van der Waals surface area (Å²) in [7, 11) is 1.85. The van der Waals surface area contributed by atoms with Crippen LogP contribution in [0.15, 0.2) is 0 Å². The van der Waals surface area contributed by atoms with Gasteiger partial charge in [0.2, 0.25) is 0 Å². The molecule has 0 amide bonds. The molecule has 0 aliphatic rings. The average molecular weight is 322 g/mol. The van der Waals surface area contributed by atoms with Crippen molar-refractivity contribution in [1.82, 2.24) is 0 Å². The Hall–Kier alpha value is -2.16. The van der Waals surface area contributed by atoms with E-state index in [-0.39, 0.29) is 0 Å². The Balaban J connectivity index is 0. The highest BCUT2D eigenvalue weighted by Gasteiger charge is 2.43. The van der Waals surface area contributed by atoms with Gasteiger partial charge in [0, 0.05) is 0 Å². The highest BCUT2D eigenvalue weighted by molar-refractivity contribution is 5.91. The molecule has 9 heteroatoms. The Labute approximate surface area is 128 Å². The van der Waals surface area contributed by atoms with Crippen LogP contribution >= 0.6 is 0 Å². The number of aliphatic carboxylic acids is 1. The molecule has 0 aromatic carbocycles. The zero-order valence-corrected chi connectivity index (χ0v) is 13.1. The number of esters is 2. The Morgan fingerprint density at radius 2 is 1.45 bits per heavy atom. The molecule has 0 fully saturated rings. The molecule has 0 bridgehead atoms. The molecule has 1 atom stereocenters. The second-order valence-corrected chi connectivity index (χ2v) is 4.20. The van der Waals surface area contributed by atoms with E-state index in [1.165, 1.54) is 12.8 Å². The van der Waals surface area contributed by atoms with E-state index < -0.39 is 42.5 Å². The van der Waals surface area contributed by atoms with Gasteiger partial charge in [-0.25, -0.2) is 9.59 Å². The van der Waals surface area contributed by atoms with Crippen LogP contribution in [0.25, 0.3) is 0 Å². The molecule has 0 aromatic heterocycles. The number of carboxylic acid groups (broad SMARTS) is 1. The van der Waals surface area contributed by atoms with Crippen molar-refractivity contribution < 1.29 is 43.6 Å². The van der Waals surface area contributed by atoms with Crippen LogP contribution < -0.4 is 0 Å². The quantitative estimate of drug-likeness (QED) is 0.539. The molecule has 2 N–H and O–H groups in total. The van der Waals surface area contributed by atoms with Crippen LogP contribution in [0.4, 0.5) is 4.79 Å². The highest BCUT2D eigenvalue weighted by atomic mass is 16.7. The van der Waals surface area contributed by atoms with Gasteiger partial charge in [0.25, 0.3) is 0 Å². The van der Waals surface area contributed by atoms with Crippen molar-refractivity contribution in [2.24, 2.45) is 0 Å². The van der Waals surface area contributed by atoms with Crippen molar-refractivity contribution in [2.45, 2.75) is 45.1 Å². The number of unbranched alkanes of at least 4 members (excludes halogenated alkanes) is 1. The lowest BCUT2D eigenvalue weighted by Crippen LogP contribution is -2.44. The van der Waals surface area contributed by atoms with Crippen molar-refractivity contribution in [2.75, 3.05) is 14.2 Å². The number of carbonyl (C=O) groups excluding carboxylic acids is 3. The molecule has 1 unspecified atom stereocenters. The number of ether oxygens (including phenoxy) is 3. The van der Waals surface area contributed by atoms with Gasteiger partial charge in [0.15, 0.2) is 5.60 Å². The minimum absolute atomic E-state index is 0.904. The fourth-order valence-electron chi connectivity index (χ4n) is 1.06. The van der Waals surface area contributed by atoms with Gasteiger partial charge in [-0.15, -0.1) is 0 Å². The summed E-state index contributed by atoms with van der Waals surface area (Å²) in [4.78, 5) is 43.4. The number of carbonyl (C=O) groups is 4. The Kier molecular flexibility index (Phi) is 11.6. The lowest BCUT2D eigenvalue weighted by atomic mass is 9.96. The highest BCUT2D eigenvalue weighted by Crippen LogP contribution is 2.18. The smallest absolute Gasteiger partial charge is 0.481 e. The summed E-state index contributed by atoms with van der Waals surface area (Å²) in [6.07, 6.45) is -0.834. The minimum atomic E-state index is -2.61. The lowest BCUT2D eigenvalue weighted by molar-refractivity contribution is -0.173. The third-order valence-electron chi connectivity index (χ3n) is 2.31. The molecule has 0 rings (SSSR count). The fourth-order valence-corrected chi connectivity index (χ4v) is 1.06. The second-order valence-electron chi connectivity index (χ2n) is 4.20. The van der Waals surface area contributed by atoms with E-state index in [0.29, 0.717) is 0 Å². The summed E-state index contributed by atoms with van der Waals surface area (Å²) in [5.74, 6) is -4.18. The number of aliphatic hydroxyl groups is 1. The minimum Gasteiger partial charge on any atom is -0.481 e. The summed E-state index contributed by atoms with van der Waals surface area (Å²) in [6.45, 7) is 4.36. The van der Waals surface area contributed by atoms with Gasteiger partial charge in [0.1, 0.15) is 0 Å². The standard InChI is InChI=1S/C9H12O9.C4H10/c1-16-7(13)9(15,3-5(10)11)4-6(12)18-8(14)17-2;1-3-4-2/h15H,3-4H2,1-2H3,(H,10,11);3-4H2,1-2H3. The van der Waals surface area contributed by atoms with Crippen molar-refractivity contribution in [1.29, 1.82) is 0 Å². The zero-order chi connectivity index (χ0) is 17.8. The molecular weight excluding hydrogens is 300 g/mol. The molecule has 9 nitrogen and oxygen atoms in total. The van der Waals surface area contributed by atoms with Gasteiger partial charge < -0.3 is 24.4 Å². The van der Waals surface area contributed by atoms with Crippen LogP contribution in [0, 0.1) is 0 Å². The first-order valence-electron chi connectivity index (χ1n) is 6.48. The largest absolute Gasteiger partial charge is 0.515 e. The maximum Gasteiger partial charge on any atom is 0.515 e. The first-order valence-corrected chi connectivity index (χ1v) is 6.48. The Morgan fingerprint density at radius 3 is 1.77 bits per heavy atom. The van der Waals surface area contributed by atoms with E-state index in [4.69, 9.17) is 5.11 Å². The zero-order valence-electron chi connectivity index (χ0n) is 13.1. The lowest BCUT2D eigenvalue weighted by Gasteiger charge is -2.21. The molecule has 128 valence electrons. The number of rotatable bonds is 6. The van der Waals surface area contributed by atoms with Crippen LogP contribution in [0.5, 0.6) is 0 Å². The Bertz CT molecular complexity index is 389. The molecule has 0 heterocycles. The van der Waals surface area contributed by atoms with E-state index in [2.05, 4.69) is 28.1 Å². The van der Waals surface area contributed by atoms with E-state index >= 15 is 0 Å². The van der Waals surface area contributed by atoms with Crippen molar-refractivity contribution in [3.8, 4) is 0 Å². The van der Waals surface area contributed by atoms with Gasteiger partial charge in [-0.05, 0) is 0 Å². The monoisotopic (exact) mass is 322 g/mol. The predicted molar refractivity (Wildman–Crippen MR) is 72.9 cm³/mol. The number of methoxy groups -OCH3 is 2. The summed E-state index contributed by atoms with van der Waals surface area (Å²) < 4.78 is 12.2. The topological polar surface area (TPSA) is 136 Å². The number of hydrogen-bond acceptors (Lipinski definition) is 8. The third-order valence-corrected chi connectivity index (χ3v) is 2.31. The van der Waals surface area contributed by atoms with Gasteiger partial charge in [-0.1, -0.05) is 26.7 Å². The van der Waals surface area contributed by atoms with E-state index in [1.807, 2.05) is 0 Å². The maximum absolute atomic E-state index is 11.2. The molecule has 22 heavy (non-hydrogen) atoms. The third kappa shape index (κ3) is 9.70. The van der Waals surface area contributed by atoms with Crippen molar-refractivity contribution in [3.63, 3.8) is 0 Å². The number of carboxylic acids is 1. The van der Waals surface area contributed by atoms with Gasteiger partial charge in [-0.3, -0.25) is 9.59 Å². The summed E-state index contributed by atoms with van der Waals surface area (Å²) >= 11 is 0. The van der Waals surface area contributed by atoms with Gasteiger partial charge in [0.05, 0.1) is 27.1 Å². The SMILES string of the molecule is CCCC.COC(=O)OC(=O)CC(O)(CC(=O)O)C(=O)OC.